The van der Waals surface area contributed by atoms with Crippen LogP contribution in [0.4, 0.5) is 0 Å². The van der Waals surface area contributed by atoms with Crippen molar-refractivity contribution in [2.45, 2.75) is 386 Å². The molecule has 1 amide bonds. The highest BCUT2D eigenvalue weighted by molar-refractivity contribution is 7.45. The van der Waals surface area contributed by atoms with E-state index in [1.807, 2.05) is 27.2 Å². The molecule has 0 saturated carbocycles. The Morgan fingerprint density at radius 2 is 0.683 bits per heavy atom. The van der Waals surface area contributed by atoms with Gasteiger partial charge >= 0.3 is 0 Å². The van der Waals surface area contributed by atoms with E-state index in [1.165, 1.54) is 308 Å². The third-order valence-corrected chi connectivity index (χ3v) is 17.8. The Balaban J connectivity index is 4.03. The standard InChI is InChI=1S/C73H143N2O6P/c1-6-8-10-12-14-16-18-20-22-24-26-28-30-32-33-34-35-36-37-38-39-40-41-43-45-47-49-51-53-55-57-59-61-63-65-67-73(77)74-71(70-81-82(78,79)80-69-68-75(3,4)5)72(76)66-64-62-60-58-56-54-52-50-48-46-44-42-31-29-27-25-23-21-19-17-15-13-11-9-7-2/h48,50,56,58,64,66,71-72,76H,6-47,49,51-55,57,59-63,65,67-70H2,1-5H3,(H-,74,77,78,79)/b50-48+,58-56+,66-64+. The first kappa shape index (κ1) is 80.7. The molecule has 486 valence electrons. The molecule has 8 nitrogen and oxygen atoms in total. The van der Waals surface area contributed by atoms with Crippen LogP contribution in [0.2, 0.25) is 0 Å². The summed E-state index contributed by atoms with van der Waals surface area (Å²) in [7, 11) is 1.25. The number of aliphatic hydroxyl groups is 1. The Kier molecular flexibility index (Phi) is 63.2. The Morgan fingerprint density at radius 3 is 0.988 bits per heavy atom. The predicted octanol–water partition coefficient (Wildman–Crippen LogP) is 22.6. The van der Waals surface area contributed by atoms with Gasteiger partial charge in [0.1, 0.15) is 13.2 Å². The molecule has 82 heavy (non-hydrogen) atoms. The van der Waals surface area contributed by atoms with Gasteiger partial charge in [-0.05, 0) is 44.9 Å². The smallest absolute Gasteiger partial charge is 0.268 e. The molecule has 0 aliphatic carbocycles. The molecule has 3 unspecified atom stereocenters. The molecule has 0 heterocycles. The fourth-order valence-corrected chi connectivity index (χ4v) is 11.9. The number of phosphoric acid groups is 1. The monoisotopic (exact) mass is 1180 g/mol. The number of nitrogens with zero attached hydrogens (tertiary/aromatic N) is 1. The molecule has 9 heteroatoms. The highest BCUT2D eigenvalue weighted by atomic mass is 31.2. The van der Waals surface area contributed by atoms with Gasteiger partial charge in [0.15, 0.2) is 0 Å². The molecule has 0 aliphatic heterocycles. The second kappa shape index (κ2) is 64.2. The number of carbonyl (C=O) groups excluding carboxylic acids is 1. The maximum absolute atomic E-state index is 13.0. The number of carbonyl (C=O) groups is 1. The van der Waals surface area contributed by atoms with Crippen molar-refractivity contribution in [3.8, 4) is 0 Å². The summed E-state index contributed by atoms with van der Waals surface area (Å²) in [5.41, 5.74) is 0. The highest BCUT2D eigenvalue weighted by Crippen LogP contribution is 2.38. The number of aliphatic hydroxyl groups excluding tert-OH is 1. The number of hydrogen-bond acceptors (Lipinski definition) is 6. The zero-order valence-electron chi connectivity index (χ0n) is 55.7. The normalized spacial score (nSPS) is 13.8. The lowest BCUT2D eigenvalue weighted by molar-refractivity contribution is -0.870. The quantitative estimate of drug-likeness (QED) is 0.0272. The average molecular weight is 1180 g/mol. The van der Waals surface area contributed by atoms with Crippen LogP contribution in [0, 0.1) is 0 Å². The molecular formula is C73H143N2O6P. The van der Waals surface area contributed by atoms with Gasteiger partial charge in [-0.2, -0.15) is 0 Å². The maximum Gasteiger partial charge on any atom is 0.268 e. The number of likely N-dealkylation sites (N-methyl/N-ethyl adjacent to an activating group) is 1. The molecule has 0 aromatic heterocycles. The van der Waals surface area contributed by atoms with Crippen LogP contribution in [-0.2, 0) is 18.4 Å². The number of hydrogen-bond donors (Lipinski definition) is 2. The molecule has 0 fully saturated rings. The first-order valence-corrected chi connectivity index (χ1v) is 37.8. The Labute approximate surface area is 512 Å². The first-order chi connectivity index (χ1) is 40.0. The Hall–Kier alpha value is -1.28. The van der Waals surface area contributed by atoms with Crippen LogP contribution in [0.15, 0.2) is 36.5 Å². The van der Waals surface area contributed by atoms with Crippen LogP contribution in [0.25, 0.3) is 0 Å². The van der Waals surface area contributed by atoms with Crippen LogP contribution in [0.5, 0.6) is 0 Å². The highest BCUT2D eigenvalue weighted by Gasteiger charge is 2.23. The van der Waals surface area contributed by atoms with Crippen molar-refractivity contribution >= 4 is 13.7 Å². The second-order valence-corrected chi connectivity index (χ2v) is 27.7. The number of allylic oxidation sites excluding steroid dienone is 5. The molecule has 0 rings (SSSR count). The summed E-state index contributed by atoms with van der Waals surface area (Å²) < 4.78 is 23.4. The zero-order valence-corrected chi connectivity index (χ0v) is 56.6. The molecule has 0 aromatic carbocycles. The molecule has 0 radical (unpaired) electrons. The van der Waals surface area contributed by atoms with Crippen molar-refractivity contribution in [3.63, 3.8) is 0 Å². The van der Waals surface area contributed by atoms with Gasteiger partial charge in [-0.15, -0.1) is 0 Å². The SMILES string of the molecule is CCCCCCCCCCCCCCCCC/C=C/CC/C=C/CC/C=C/C(O)C(COP(=O)([O-])OCC[N+](C)(C)C)NC(=O)CCCCCCCCCCCCCCCCCCCCCCCCCCCCCCCCCCCCC. The number of quaternary nitrogens is 1. The van der Waals surface area contributed by atoms with Crippen LogP contribution >= 0.6 is 7.82 Å². The van der Waals surface area contributed by atoms with Gasteiger partial charge in [0, 0.05) is 6.42 Å². The van der Waals surface area contributed by atoms with Crippen LogP contribution in [0.3, 0.4) is 0 Å². The molecular weight excluding hydrogens is 1030 g/mol. The van der Waals surface area contributed by atoms with E-state index in [2.05, 4.69) is 43.5 Å². The lowest BCUT2D eigenvalue weighted by atomic mass is 10.0. The molecule has 0 spiro atoms. The van der Waals surface area contributed by atoms with Gasteiger partial charge in [0.2, 0.25) is 5.91 Å². The summed E-state index contributed by atoms with van der Waals surface area (Å²) >= 11 is 0. The first-order valence-electron chi connectivity index (χ1n) is 36.4. The molecule has 3 atom stereocenters. The van der Waals surface area contributed by atoms with Gasteiger partial charge in [0.05, 0.1) is 39.9 Å². The van der Waals surface area contributed by atoms with Gasteiger partial charge in [-0.25, -0.2) is 0 Å². The van der Waals surface area contributed by atoms with Crippen molar-refractivity contribution in [3.05, 3.63) is 36.5 Å². The number of nitrogens with one attached hydrogen (secondary N) is 1. The maximum atomic E-state index is 13.0. The molecule has 2 N–H and O–H groups in total. The van der Waals surface area contributed by atoms with Gasteiger partial charge in [-0.1, -0.05) is 359 Å². The lowest BCUT2D eigenvalue weighted by Crippen LogP contribution is -2.45. The van der Waals surface area contributed by atoms with E-state index in [0.29, 0.717) is 17.4 Å². The van der Waals surface area contributed by atoms with Crippen molar-refractivity contribution in [1.82, 2.24) is 5.32 Å². The van der Waals surface area contributed by atoms with E-state index in [4.69, 9.17) is 9.05 Å². The van der Waals surface area contributed by atoms with Crippen molar-refractivity contribution < 1.29 is 32.9 Å². The second-order valence-electron chi connectivity index (χ2n) is 26.3. The predicted molar refractivity (Wildman–Crippen MR) is 358 cm³/mol. The summed E-state index contributed by atoms with van der Waals surface area (Å²) in [6.07, 6.45) is 85.8. The molecule has 0 aromatic rings. The number of phosphoric ester groups is 1. The fraction of sp³-hybridized carbons (Fsp3) is 0.904. The summed E-state index contributed by atoms with van der Waals surface area (Å²) in [6.45, 7) is 4.68. The summed E-state index contributed by atoms with van der Waals surface area (Å²) in [6, 6.07) is -0.909. The molecule has 0 aliphatic rings. The van der Waals surface area contributed by atoms with E-state index in [-0.39, 0.29) is 12.5 Å². The minimum Gasteiger partial charge on any atom is -0.756 e. The van der Waals surface area contributed by atoms with Crippen LogP contribution in [0.1, 0.15) is 373 Å². The van der Waals surface area contributed by atoms with E-state index < -0.39 is 26.6 Å². The average Bonchev–Trinajstić information content (AvgIpc) is 3.47. The minimum absolute atomic E-state index is 0.00706. The topological polar surface area (TPSA) is 108 Å². The summed E-state index contributed by atoms with van der Waals surface area (Å²) in [5.74, 6) is -0.203. The number of rotatable bonds is 68. The van der Waals surface area contributed by atoms with Crippen molar-refractivity contribution in [2.24, 2.45) is 0 Å². The zero-order chi connectivity index (χ0) is 59.8. The number of amides is 1. The molecule has 0 bridgehead atoms. The van der Waals surface area contributed by atoms with Gasteiger partial charge in [-0.3, -0.25) is 9.36 Å². The largest absolute Gasteiger partial charge is 0.756 e. The Morgan fingerprint density at radius 1 is 0.415 bits per heavy atom. The third-order valence-electron chi connectivity index (χ3n) is 16.8. The summed E-state index contributed by atoms with van der Waals surface area (Å²) in [5, 5.41) is 13.9. The van der Waals surface area contributed by atoms with E-state index in [9.17, 15) is 19.4 Å². The lowest BCUT2D eigenvalue weighted by Gasteiger charge is -2.29. The van der Waals surface area contributed by atoms with E-state index >= 15 is 0 Å². The summed E-state index contributed by atoms with van der Waals surface area (Å²) in [4.78, 5) is 25.6. The van der Waals surface area contributed by atoms with Crippen molar-refractivity contribution in [2.75, 3.05) is 40.9 Å². The minimum atomic E-state index is -4.61. The Bertz CT molecular complexity index is 1430. The van der Waals surface area contributed by atoms with Crippen LogP contribution in [-0.4, -0.2) is 68.5 Å². The van der Waals surface area contributed by atoms with E-state index in [1.54, 1.807) is 6.08 Å². The van der Waals surface area contributed by atoms with E-state index in [0.717, 1.165) is 44.9 Å². The number of unbranched alkanes of at least 4 members (excludes halogenated alkanes) is 51. The van der Waals surface area contributed by atoms with Gasteiger partial charge < -0.3 is 28.8 Å². The third kappa shape index (κ3) is 66.2. The van der Waals surface area contributed by atoms with Gasteiger partial charge in [0.25, 0.3) is 7.82 Å². The fourth-order valence-electron chi connectivity index (χ4n) is 11.2. The van der Waals surface area contributed by atoms with Crippen LogP contribution < -0.4 is 10.2 Å². The van der Waals surface area contributed by atoms with Crippen molar-refractivity contribution in [1.29, 1.82) is 0 Å². The molecule has 0 saturated heterocycles.